The van der Waals surface area contributed by atoms with Crippen LogP contribution in [-0.4, -0.2) is 40.3 Å². The lowest BCUT2D eigenvalue weighted by molar-refractivity contribution is 0.614. The number of aryl methyl sites for hydroxylation is 1. The summed E-state index contributed by atoms with van der Waals surface area (Å²) in [6.07, 6.45) is 9.86. The van der Waals surface area contributed by atoms with E-state index in [0.717, 1.165) is 17.8 Å². The predicted octanol–water partition coefficient (Wildman–Crippen LogP) is 1.37. The third-order valence-electron chi connectivity index (χ3n) is 3.50. The fraction of sp³-hybridized carbons (Fsp3) is 0.692. The van der Waals surface area contributed by atoms with Crippen molar-refractivity contribution in [3.8, 4) is 0 Å². The molecule has 1 fully saturated rings. The van der Waals surface area contributed by atoms with Crippen LogP contribution in [0.25, 0.3) is 0 Å². The van der Waals surface area contributed by atoms with E-state index in [9.17, 15) is 0 Å². The van der Waals surface area contributed by atoms with Gasteiger partial charge in [0.25, 0.3) is 0 Å². The summed E-state index contributed by atoms with van der Waals surface area (Å²) in [5.74, 6) is 0.885. The number of aliphatic imine (C=N–C) groups is 1. The number of aromatic nitrogens is 2. The summed E-state index contributed by atoms with van der Waals surface area (Å²) < 4.78 is 1.81. The van der Waals surface area contributed by atoms with E-state index in [1.54, 1.807) is 0 Å². The van der Waals surface area contributed by atoms with E-state index in [-0.39, 0.29) is 0 Å². The van der Waals surface area contributed by atoms with Gasteiger partial charge in [0, 0.05) is 43.7 Å². The Labute approximate surface area is 119 Å². The monoisotopic (exact) mass is 281 g/mol. The van der Waals surface area contributed by atoms with Crippen LogP contribution in [-0.2, 0) is 13.6 Å². The molecule has 5 nitrogen and oxygen atoms in total. The standard InChI is InChI=1S/C13H23N5S/c1-14-13(15-7-10-8-16-18(2)9-10)17-11-4-5-12(6-11)19-3/h8-9,11-12H,4-7H2,1-3H3,(H2,14,15,17). The highest BCUT2D eigenvalue weighted by Crippen LogP contribution is 2.27. The van der Waals surface area contributed by atoms with Crippen molar-refractivity contribution in [1.29, 1.82) is 0 Å². The Morgan fingerprint density at radius 3 is 3.00 bits per heavy atom. The Morgan fingerprint density at radius 2 is 2.42 bits per heavy atom. The molecular formula is C13H23N5S. The van der Waals surface area contributed by atoms with Crippen LogP contribution in [0, 0.1) is 0 Å². The Hall–Kier alpha value is -1.17. The number of rotatable bonds is 4. The minimum atomic E-state index is 0.553. The molecule has 0 radical (unpaired) electrons. The minimum Gasteiger partial charge on any atom is -0.354 e. The van der Waals surface area contributed by atoms with Crippen LogP contribution in [0.3, 0.4) is 0 Å². The van der Waals surface area contributed by atoms with Crippen LogP contribution < -0.4 is 10.6 Å². The number of nitrogens with zero attached hydrogens (tertiary/aromatic N) is 3. The van der Waals surface area contributed by atoms with Crippen LogP contribution in [0.1, 0.15) is 24.8 Å². The van der Waals surface area contributed by atoms with Crippen molar-refractivity contribution >= 4 is 17.7 Å². The lowest BCUT2D eigenvalue weighted by Crippen LogP contribution is -2.42. The molecule has 1 saturated carbocycles. The van der Waals surface area contributed by atoms with Gasteiger partial charge in [-0.05, 0) is 25.5 Å². The molecular weight excluding hydrogens is 258 g/mol. The normalized spacial score (nSPS) is 23.6. The largest absolute Gasteiger partial charge is 0.354 e. The van der Waals surface area contributed by atoms with E-state index >= 15 is 0 Å². The van der Waals surface area contributed by atoms with E-state index in [1.165, 1.54) is 24.8 Å². The van der Waals surface area contributed by atoms with Crippen molar-refractivity contribution in [2.45, 2.75) is 37.1 Å². The predicted molar refractivity (Wildman–Crippen MR) is 81.5 cm³/mol. The summed E-state index contributed by atoms with van der Waals surface area (Å²) in [5.41, 5.74) is 1.17. The maximum atomic E-state index is 4.28. The maximum Gasteiger partial charge on any atom is 0.191 e. The smallest absolute Gasteiger partial charge is 0.191 e. The molecule has 1 aromatic heterocycles. The first-order chi connectivity index (χ1) is 9.21. The van der Waals surface area contributed by atoms with Crippen LogP contribution >= 0.6 is 11.8 Å². The first-order valence-electron chi connectivity index (χ1n) is 6.68. The van der Waals surface area contributed by atoms with Gasteiger partial charge in [-0.25, -0.2) is 0 Å². The lowest BCUT2D eigenvalue weighted by Gasteiger charge is -2.17. The molecule has 0 aromatic carbocycles. The molecule has 19 heavy (non-hydrogen) atoms. The zero-order valence-corrected chi connectivity index (χ0v) is 12.7. The molecule has 2 N–H and O–H groups in total. The van der Waals surface area contributed by atoms with Crippen molar-refractivity contribution in [2.24, 2.45) is 12.0 Å². The number of hydrogen-bond donors (Lipinski definition) is 2. The second kappa shape index (κ2) is 6.84. The summed E-state index contributed by atoms with van der Waals surface area (Å²) in [7, 11) is 3.75. The number of thioether (sulfide) groups is 1. The van der Waals surface area contributed by atoms with E-state index in [1.807, 2.05) is 42.9 Å². The lowest BCUT2D eigenvalue weighted by atomic mass is 10.2. The van der Waals surface area contributed by atoms with Crippen LogP contribution in [0.15, 0.2) is 17.4 Å². The number of nitrogens with one attached hydrogen (secondary N) is 2. The zero-order chi connectivity index (χ0) is 13.7. The highest BCUT2D eigenvalue weighted by Gasteiger charge is 2.24. The molecule has 0 aliphatic heterocycles. The van der Waals surface area contributed by atoms with Crippen molar-refractivity contribution in [3.63, 3.8) is 0 Å². The average Bonchev–Trinajstić information content (AvgIpc) is 3.03. The summed E-state index contributed by atoms with van der Waals surface area (Å²) in [4.78, 5) is 4.28. The quantitative estimate of drug-likeness (QED) is 0.646. The van der Waals surface area contributed by atoms with Crippen molar-refractivity contribution < 1.29 is 0 Å². The number of hydrogen-bond acceptors (Lipinski definition) is 3. The fourth-order valence-electron chi connectivity index (χ4n) is 2.42. The molecule has 1 aliphatic carbocycles. The average molecular weight is 281 g/mol. The van der Waals surface area contributed by atoms with Crippen LogP contribution in [0.2, 0.25) is 0 Å². The molecule has 0 saturated heterocycles. The first kappa shape index (κ1) is 14.2. The minimum absolute atomic E-state index is 0.553. The molecule has 0 bridgehead atoms. The molecule has 1 heterocycles. The van der Waals surface area contributed by atoms with E-state index in [0.29, 0.717) is 6.04 Å². The van der Waals surface area contributed by atoms with E-state index in [2.05, 4.69) is 27.0 Å². The van der Waals surface area contributed by atoms with Crippen molar-refractivity contribution in [2.75, 3.05) is 13.3 Å². The van der Waals surface area contributed by atoms with Gasteiger partial charge in [-0.15, -0.1) is 0 Å². The zero-order valence-electron chi connectivity index (χ0n) is 11.9. The molecule has 2 rings (SSSR count). The van der Waals surface area contributed by atoms with Gasteiger partial charge in [-0.3, -0.25) is 9.67 Å². The Bertz CT molecular complexity index is 428. The summed E-state index contributed by atoms with van der Waals surface area (Å²) in [5, 5.41) is 11.8. The van der Waals surface area contributed by atoms with E-state index < -0.39 is 0 Å². The third kappa shape index (κ3) is 4.16. The molecule has 2 unspecified atom stereocenters. The third-order valence-corrected chi connectivity index (χ3v) is 4.60. The summed E-state index contributed by atoms with van der Waals surface area (Å²) >= 11 is 1.97. The van der Waals surface area contributed by atoms with Gasteiger partial charge in [0.1, 0.15) is 0 Å². The Morgan fingerprint density at radius 1 is 1.58 bits per heavy atom. The maximum absolute atomic E-state index is 4.28. The SMILES string of the molecule is CN=C(NCc1cnn(C)c1)NC1CCC(SC)C1. The van der Waals surface area contributed by atoms with Crippen LogP contribution in [0.5, 0.6) is 0 Å². The van der Waals surface area contributed by atoms with Gasteiger partial charge in [-0.1, -0.05) is 0 Å². The van der Waals surface area contributed by atoms with Crippen molar-refractivity contribution in [1.82, 2.24) is 20.4 Å². The Balaban J connectivity index is 1.78. The van der Waals surface area contributed by atoms with Crippen LogP contribution in [0.4, 0.5) is 0 Å². The van der Waals surface area contributed by atoms with Crippen molar-refractivity contribution in [3.05, 3.63) is 18.0 Å². The molecule has 0 amide bonds. The topological polar surface area (TPSA) is 54.2 Å². The van der Waals surface area contributed by atoms with Gasteiger partial charge in [0.05, 0.1) is 6.20 Å². The summed E-state index contributed by atoms with van der Waals surface area (Å²) in [6, 6.07) is 0.553. The van der Waals surface area contributed by atoms with Gasteiger partial charge in [0.15, 0.2) is 5.96 Å². The molecule has 0 spiro atoms. The van der Waals surface area contributed by atoms with E-state index in [4.69, 9.17) is 0 Å². The molecule has 1 aromatic rings. The summed E-state index contributed by atoms with van der Waals surface area (Å²) in [6.45, 7) is 0.756. The van der Waals surface area contributed by atoms with Gasteiger partial charge in [-0.2, -0.15) is 16.9 Å². The van der Waals surface area contributed by atoms with Gasteiger partial charge >= 0.3 is 0 Å². The fourth-order valence-corrected chi connectivity index (χ4v) is 3.22. The highest BCUT2D eigenvalue weighted by atomic mass is 32.2. The molecule has 1 aliphatic rings. The first-order valence-corrected chi connectivity index (χ1v) is 7.97. The molecule has 2 atom stereocenters. The Kier molecular flexibility index (Phi) is 5.13. The number of guanidine groups is 1. The second-order valence-corrected chi connectivity index (χ2v) is 6.10. The molecule has 6 heteroatoms. The second-order valence-electron chi connectivity index (χ2n) is 4.96. The highest BCUT2D eigenvalue weighted by molar-refractivity contribution is 7.99. The molecule has 106 valence electrons. The van der Waals surface area contributed by atoms with Gasteiger partial charge < -0.3 is 10.6 Å². The van der Waals surface area contributed by atoms with Gasteiger partial charge in [0.2, 0.25) is 0 Å².